The van der Waals surface area contributed by atoms with Crippen LogP contribution in [0.25, 0.3) is 0 Å². The van der Waals surface area contributed by atoms with Crippen LogP contribution in [0.15, 0.2) is 29.2 Å². The Labute approximate surface area is 115 Å². The van der Waals surface area contributed by atoms with E-state index >= 15 is 0 Å². The lowest BCUT2D eigenvalue weighted by Crippen LogP contribution is -2.28. The highest BCUT2D eigenvalue weighted by molar-refractivity contribution is 7.89. The summed E-state index contributed by atoms with van der Waals surface area (Å²) in [6.07, 6.45) is 3.59. The van der Waals surface area contributed by atoms with E-state index in [1.54, 1.807) is 12.1 Å². The highest BCUT2D eigenvalue weighted by atomic mass is 32.2. The molecule has 0 saturated heterocycles. The van der Waals surface area contributed by atoms with Crippen molar-refractivity contribution in [2.24, 2.45) is 17.0 Å². The number of rotatable bonds is 3. The highest BCUT2D eigenvalue weighted by Gasteiger charge is 2.25. The molecule has 2 atom stereocenters. The van der Waals surface area contributed by atoms with Crippen LogP contribution < -0.4 is 9.88 Å². The van der Waals surface area contributed by atoms with Gasteiger partial charge in [-0.3, -0.25) is 0 Å². The second kappa shape index (κ2) is 5.51. The second-order valence-electron chi connectivity index (χ2n) is 5.67. The first kappa shape index (κ1) is 14.3. The van der Waals surface area contributed by atoms with Crippen molar-refractivity contribution in [3.63, 3.8) is 0 Å². The van der Waals surface area contributed by atoms with E-state index < -0.39 is 10.0 Å². The van der Waals surface area contributed by atoms with E-state index in [2.05, 4.69) is 13.8 Å². The average Bonchev–Trinajstić information content (AvgIpc) is 2.26. The fraction of sp³-hybridized carbons (Fsp3) is 0.571. The van der Waals surface area contributed by atoms with Crippen molar-refractivity contribution in [3.05, 3.63) is 24.3 Å². The molecule has 0 heterocycles. The molecule has 19 heavy (non-hydrogen) atoms. The molecule has 2 N–H and O–H groups in total. The van der Waals surface area contributed by atoms with Gasteiger partial charge in [0.05, 0.1) is 11.0 Å². The minimum atomic E-state index is -3.63. The van der Waals surface area contributed by atoms with E-state index in [1.807, 2.05) is 0 Å². The first-order valence-corrected chi connectivity index (χ1v) is 8.18. The molecular formula is C14H21NO3S. The predicted molar refractivity (Wildman–Crippen MR) is 74.4 cm³/mol. The summed E-state index contributed by atoms with van der Waals surface area (Å²) in [5.74, 6) is 2.06. The van der Waals surface area contributed by atoms with E-state index in [9.17, 15) is 8.42 Å². The van der Waals surface area contributed by atoms with Gasteiger partial charge in [0.15, 0.2) is 0 Å². The Hall–Kier alpha value is -1.07. The van der Waals surface area contributed by atoms with Gasteiger partial charge in [0.25, 0.3) is 0 Å². The van der Waals surface area contributed by atoms with Crippen LogP contribution >= 0.6 is 0 Å². The summed E-state index contributed by atoms with van der Waals surface area (Å²) in [6.45, 7) is 4.49. The third-order valence-corrected chi connectivity index (χ3v) is 4.52. The Balaban J connectivity index is 2.03. The number of benzene rings is 1. The summed E-state index contributed by atoms with van der Waals surface area (Å²) in [4.78, 5) is 0.116. The van der Waals surface area contributed by atoms with Gasteiger partial charge in [0.2, 0.25) is 10.0 Å². The number of hydrogen-bond acceptors (Lipinski definition) is 3. The van der Waals surface area contributed by atoms with Crippen molar-refractivity contribution in [1.29, 1.82) is 0 Å². The zero-order valence-corrected chi connectivity index (χ0v) is 12.2. The molecule has 1 fully saturated rings. The maximum Gasteiger partial charge on any atom is 0.238 e. The Morgan fingerprint density at radius 2 is 1.58 bits per heavy atom. The highest BCUT2D eigenvalue weighted by Crippen LogP contribution is 2.31. The van der Waals surface area contributed by atoms with Crippen LogP contribution in [0.5, 0.6) is 5.75 Å². The summed E-state index contributed by atoms with van der Waals surface area (Å²) >= 11 is 0. The van der Waals surface area contributed by atoms with E-state index in [1.165, 1.54) is 18.6 Å². The molecule has 1 aliphatic rings. The molecule has 1 aromatic rings. The smallest absolute Gasteiger partial charge is 0.238 e. The number of nitrogens with two attached hydrogens (primary N) is 1. The second-order valence-corrected chi connectivity index (χ2v) is 7.24. The molecule has 0 spiro atoms. The summed E-state index contributed by atoms with van der Waals surface area (Å²) in [7, 11) is -3.63. The topological polar surface area (TPSA) is 69.4 Å². The minimum Gasteiger partial charge on any atom is -0.490 e. The van der Waals surface area contributed by atoms with Crippen molar-refractivity contribution in [3.8, 4) is 5.75 Å². The molecule has 0 bridgehead atoms. The van der Waals surface area contributed by atoms with Crippen molar-refractivity contribution < 1.29 is 13.2 Å². The van der Waals surface area contributed by atoms with Crippen LogP contribution in [0, 0.1) is 11.8 Å². The maximum absolute atomic E-state index is 11.2. The molecule has 5 heteroatoms. The van der Waals surface area contributed by atoms with Crippen LogP contribution in [0.2, 0.25) is 0 Å². The molecule has 0 aliphatic heterocycles. The number of sulfonamides is 1. The number of ether oxygens (including phenoxy) is 1. The molecule has 106 valence electrons. The zero-order valence-electron chi connectivity index (χ0n) is 11.4. The Kier molecular flexibility index (Phi) is 4.16. The quantitative estimate of drug-likeness (QED) is 0.926. The predicted octanol–water partition coefficient (Wildman–Crippen LogP) is 2.54. The summed E-state index contributed by atoms with van der Waals surface area (Å²) in [5.41, 5.74) is 0. The van der Waals surface area contributed by atoms with Crippen molar-refractivity contribution in [2.45, 2.75) is 44.1 Å². The van der Waals surface area contributed by atoms with Gasteiger partial charge in [0, 0.05) is 0 Å². The summed E-state index contributed by atoms with van der Waals surface area (Å²) < 4.78 is 28.2. The molecule has 1 aromatic carbocycles. The van der Waals surface area contributed by atoms with Crippen molar-refractivity contribution >= 4 is 10.0 Å². The van der Waals surface area contributed by atoms with Crippen molar-refractivity contribution in [2.75, 3.05) is 0 Å². The maximum atomic E-state index is 11.2. The molecule has 0 amide bonds. The zero-order chi connectivity index (χ0) is 14.0. The average molecular weight is 283 g/mol. The Bertz CT molecular complexity index is 514. The van der Waals surface area contributed by atoms with Crippen LogP contribution in [-0.2, 0) is 10.0 Å². The lowest BCUT2D eigenvalue weighted by atomic mass is 9.82. The van der Waals surface area contributed by atoms with Gasteiger partial charge >= 0.3 is 0 Å². The van der Waals surface area contributed by atoms with E-state index in [0.29, 0.717) is 17.6 Å². The van der Waals surface area contributed by atoms with Crippen LogP contribution in [0.3, 0.4) is 0 Å². The number of primary sulfonamides is 1. The van der Waals surface area contributed by atoms with Crippen LogP contribution in [-0.4, -0.2) is 14.5 Å². The lowest BCUT2D eigenvalue weighted by molar-refractivity contribution is 0.101. The van der Waals surface area contributed by atoms with Crippen LogP contribution in [0.1, 0.15) is 33.1 Å². The van der Waals surface area contributed by atoms with Crippen LogP contribution in [0.4, 0.5) is 0 Å². The molecule has 0 radical (unpaired) electrons. The van der Waals surface area contributed by atoms with Gasteiger partial charge in [0.1, 0.15) is 5.75 Å². The van der Waals surface area contributed by atoms with E-state index in [-0.39, 0.29) is 11.0 Å². The Morgan fingerprint density at radius 1 is 1.05 bits per heavy atom. The van der Waals surface area contributed by atoms with Gasteiger partial charge in [-0.15, -0.1) is 0 Å². The van der Waals surface area contributed by atoms with Gasteiger partial charge in [-0.2, -0.15) is 0 Å². The number of hydrogen-bond donors (Lipinski definition) is 1. The molecule has 0 unspecified atom stereocenters. The lowest BCUT2D eigenvalue weighted by Gasteiger charge is -2.31. The molecule has 4 nitrogen and oxygen atoms in total. The first-order valence-electron chi connectivity index (χ1n) is 6.64. The molecule has 2 rings (SSSR count). The van der Waals surface area contributed by atoms with Gasteiger partial charge in [-0.05, 0) is 55.4 Å². The van der Waals surface area contributed by atoms with Gasteiger partial charge < -0.3 is 4.74 Å². The van der Waals surface area contributed by atoms with E-state index in [4.69, 9.17) is 9.88 Å². The molecule has 1 saturated carbocycles. The molecular weight excluding hydrogens is 262 g/mol. The first-order chi connectivity index (χ1) is 8.84. The van der Waals surface area contributed by atoms with E-state index in [0.717, 1.165) is 12.8 Å². The summed E-state index contributed by atoms with van der Waals surface area (Å²) in [6, 6.07) is 6.31. The SMILES string of the molecule is C[C@@H]1CC(Oc2ccc(S(N)(=O)=O)cc2)C[C@@H](C)C1. The van der Waals surface area contributed by atoms with Gasteiger partial charge in [-0.1, -0.05) is 13.8 Å². The normalized spacial score (nSPS) is 28.1. The fourth-order valence-electron chi connectivity index (χ4n) is 2.87. The van der Waals surface area contributed by atoms with Gasteiger partial charge in [-0.25, -0.2) is 13.6 Å². The third kappa shape index (κ3) is 3.94. The Morgan fingerprint density at radius 3 is 2.05 bits per heavy atom. The fourth-order valence-corrected chi connectivity index (χ4v) is 3.39. The standard InChI is InChI=1S/C14H21NO3S/c1-10-7-11(2)9-13(8-10)18-12-3-5-14(6-4-12)19(15,16)17/h3-6,10-11,13H,7-9H2,1-2H3,(H2,15,16,17)/t10-,11-/m0/s1. The monoisotopic (exact) mass is 283 g/mol. The third-order valence-electron chi connectivity index (χ3n) is 3.59. The molecule has 0 aromatic heterocycles. The minimum absolute atomic E-state index is 0.116. The summed E-state index contributed by atoms with van der Waals surface area (Å²) in [5, 5.41) is 5.06. The molecule has 1 aliphatic carbocycles. The van der Waals surface area contributed by atoms with Crippen molar-refractivity contribution in [1.82, 2.24) is 0 Å². The largest absolute Gasteiger partial charge is 0.490 e.